The first-order valence-electron chi connectivity index (χ1n) is 10.8. The molecule has 158 valence electrons. The molecular weight excluding hydrogens is 425 g/mol. The smallest absolute Gasteiger partial charge is 0.0506 e. The number of nitrogens with zero attached hydrogens (tertiary/aromatic N) is 3. The number of pyridine rings is 1. The molecule has 2 aromatic heterocycles. The Morgan fingerprint density at radius 2 is 1.81 bits per heavy atom. The van der Waals surface area contributed by atoms with Gasteiger partial charge in [-0.1, -0.05) is 47.8 Å². The lowest BCUT2D eigenvalue weighted by Crippen LogP contribution is -2.38. The summed E-state index contributed by atoms with van der Waals surface area (Å²) in [7, 11) is 2.24. The van der Waals surface area contributed by atoms with Gasteiger partial charge in [-0.25, -0.2) is 0 Å². The maximum absolute atomic E-state index is 6.71. The molecule has 3 nitrogen and oxygen atoms in total. The van der Waals surface area contributed by atoms with Crippen LogP contribution in [0.15, 0.2) is 67.1 Å². The van der Waals surface area contributed by atoms with Crippen LogP contribution in [0.1, 0.15) is 19.3 Å². The van der Waals surface area contributed by atoms with Crippen molar-refractivity contribution >= 4 is 34.1 Å². The molecule has 0 amide bonds. The molecule has 1 saturated heterocycles. The highest BCUT2D eigenvalue weighted by Gasteiger charge is 2.21. The Morgan fingerprint density at radius 1 is 0.968 bits per heavy atom. The van der Waals surface area contributed by atoms with Crippen molar-refractivity contribution in [3.8, 4) is 22.3 Å². The quantitative estimate of drug-likeness (QED) is 0.329. The summed E-state index contributed by atoms with van der Waals surface area (Å²) in [6.45, 7) is 2.14. The van der Waals surface area contributed by atoms with Gasteiger partial charge in [0.1, 0.15) is 0 Å². The van der Waals surface area contributed by atoms with Gasteiger partial charge < -0.3 is 9.47 Å². The Labute approximate surface area is 193 Å². The number of likely N-dealkylation sites (N-methyl/N-ethyl adjacent to an activating group) is 1. The highest BCUT2D eigenvalue weighted by Crippen LogP contribution is 2.37. The first-order chi connectivity index (χ1) is 15.1. The number of aromatic nitrogens is 2. The van der Waals surface area contributed by atoms with Crippen LogP contribution in [-0.2, 0) is 6.54 Å². The highest BCUT2D eigenvalue weighted by molar-refractivity contribution is 6.36. The molecule has 31 heavy (non-hydrogen) atoms. The molecule has 1 fully saturated rings. The summed E-state index contributed by atoms with van der Waals surface area (Å²) in [5.74, 6) is 0. The van der Waals surface area contributed by atoms with Gasteiger partial charge in [-0.15, -0.1) is 0 Å². The zero-order valence-corrected chi connectivity index (χ0v) is 19.1. The number of piperidine rings is 1. The summed E-state index contributed by atoms with van der Waals surface area (Å²) in [6.07, 6.45) is 9.87. The molecule has 5 heteroatoms. The third-order valence-corrected chi connectivity index (χ3v) is 6.94. The average Bonchev–Trinajstić information content (AvgIpc) is 3.15. The predicted octanol–water partition coefficient (Wildman–Crippen LogP) is 7.16. The van der Waals surface area contributed by atoms with E-state index in [2.05, 4.69) is 45.9 Å². The second-order valence-electron chi connectivity index (χ2n) is 8.43. The summed E-state index contributed by atoms with van der Waals surface area (Å²) in [5.41, 5.74) is 5.46. The van der Waals surface area contributed by atoms with Gasteiger partial charge in [0.15, 0.2) is 0 Å². The first kappa shape index (κ1) is 20.6. The molecule has 0 aliphatic carbocycles. The Morgan fingerprint density at radius 3 is 2.65 bits per heavy atom. The zero-order chi connectivity index (χ0) is 21.4. The number of fused-ring (bicyclic) bond motifs is 1. The van der Waals surface area contributed by atoms with E-state index in [1.165, 1.54) is 31.3 Å². The maximum atomic E-state index is 6.71. The van der Waals surface area contributed by atoms with E-state index in [9.17, 15) is 0 Å². The molecule has 0 radical (unpaired) electrons. The monoisotopic (exact) mass is 449 g/mol. The summed E-state index contributed by atoms with van der Waals surface area (Å²) in [4.78, 5) is 7.02. The first-order valence-corrected chi connectivity index (χ1v) is 11.5. The molecule has 1 aliphatic heterocycles. The van der Waals surface area contributed by atoms with Gasteiger partial charge in [0.25, 0.3) is 0 Å². The van der Waals surface area contributed by atoms with Gasteiger partial charge in [-0.2, -0.15) is 0 Å². The Balaban J connectivity index is 1.60. The van der Waals surface area contributed by atoms with Crippen LogP contribution < -0.4 is 0 Å². The molecule has 0 bridgehead atoms. The molecule has 0 spiro atoms. The van der Waals surface area contributed by atoms with Crippen LogP contribution >= 0.6 is 23.2 Å². The zero-order valence-electron chi connectivity index (χ0n) is 17.6. The van der Waals surface area contributed by atoms with Crippen molar-refractivity contribution in [2.24, 2.45) is 0 Å². The van der Waals surface area contributed by atoms with Crippen molar-refractivity contribution in [3.05, 3.63) is 77.2 Å². The van der Waals surface area contributed by atoms with Gasteiger partial charge in [0.2, 0.25) is 0 Å². The van der Waals surface area contributed by atoms with E-state index in [4.69, 9.17) is 23.2 Å². The van der Waals surface area contributed by atoms with E-state index < -0.39 is 0 Å². The van der Waals surface area contributed by atoms with Gasteiger partial charge in [0.05, 0.1) is 10.5 Å². The lowest BCUT2D eigenvalue weighted by Gasteiger charge is -2.32. The van der Waals surface area contributed by atoms with E-state index in [1.807, 2.05) is 42.7 Å². The predicted molar refractivity (Wildman–Crippen MR) is 131 cm³/mol. The largest absolute Gasteiger partial charge is 0.345 e. The van der Waals surface area contributed by atoms with Crippen LogP contribution in [0.2, 0.25) is 10.0 Å². The number of halogens is 2. The number of hydrogen-bond acceptors (Lipinski definition) is 2. The minimum atomic E-state index is 0.548. The van der Waals surface area contributed by atoms with Gasteiger partial charge in [-0.05, 0) is 62.3 Å². The molecule has 4 aromatic rings. The van der Waals surface area contributed by atoms with Crippen molar-refractivity contribution in [2.75, 3.05) is 13.6 Å². The molecule has 3 heterocycles. The number of rotatable bonds is 4. The van der Waals surface area contributed by atoms with Gasteiger partial charge >= 0.3 is 0 Å². The molecule has 5 rings (SSSR count). The van der Waals surface area contributed by atoms with E-state index >= 15 is 0 Å². The fourth-order valence-electron chi connectivity index (χ4n) is 4.69. The third-order valence-electron chi connectivity index (χ3n) is 6.39. The molecule has 1 aliphatic rings. The topological polar surface area (TPSA) is 21.1 Å². The van der Waals surface area contributed by atoms with Crippen LogP contribution in [0.25, 0.3) is 33.2 Å². The van der Waals surface area contributed by atoms with Crippen molar-refractivity contribution in [1.82, 2.24) is 14.5 Å². The highest BCUT2D eigenvalue weighted by atomic mass is 35.5. The van der Waals surface area contributed by atoms with Crippen molar-refractivity contribution in [3.63, 3.8) is 0 Å². The van der Waals surface area contributed by atoms with Crippen LogP contribution in [0, 0.1) is 0 Å². The standard InChI is InChI=1S/C26H25Cl2N3/c1-30-11-3-2-8-22(30)16-31-17-23(26-24(28)9-5-10-25(26)31)20-12-19(14-29-15-20)18-6-4-7-21(27)13-18/h4-7,9-10,12-15,17,22H,2-3,8,11,16H2,1H3. The average molecular weight is 450 g/mol. The molecule has 0 N–H and O–H groups in total. The van der Waals surface area contributed by atoms with Crippen LogP contribution in [0.4, 0.5) is 0 Å². The van der Waals surface area contributed by atoms with Crippen molar-refractivity contribution in [1.29, 1.82) is 0 Å². The van der Waals surface area contributed by atoms with E-state index in [0.717, 1.165) is 44.2 Å². The van der Waals surface area contributed by atoms with E-state index in [0.29, 0.717) is 6.04 Å². The summed E-state index contributed by atoms with van der Waals surface area (Å²) >= 11 is 12.9. The molecular formula is C26H25Cl2N3. The lowest BCUT2D eigenvalue weighted by molar-refractivity contribution is 0.169. The van der Waals surface area contributed by atoms with Crippen LogP contribution in [0.5, 0.6) is 0 Å². The fourth-order valence-corrected chi connectivity index (χ4v) is 5.16. The molecule has 1 unspecified atom stereocenters. The SMILES string of the molecule is CN1CCCCC1Cn1cc(-c2cncc(-c3cccc(Cl)c3)c2)c2c(Cl)cccc21. The number of likely N-dealkylation sites (tertiary alicyclic amines) is 1. The second-order valence-corrected chi connectivity index (χ2v) is 9.28. The van der Waals surface area contributed by atoms with E-state index in [-0.39, 0.29) is 0 Å². The minimum Gasteiger partial charge on any atom is -0.345 e. The Kier molecular flexibility index (Phi) is 5.75. The van der Waals surface area contributed by atoms with Gasteiger partial charge in [0, 0.05) is 58.3 Å². The lowest BCUT2D eigenvalue weighted by atomic mass is 10.0. The molecule has 1 atom stereocenters. The Bertz CT molecular complexity index is 1230. The van der Waals surface area contributed by atoms with E-state index in [1.54, 1.807) is 0 Å². The number of benzene rings is 2. The van der Waals surface area contributed by atoms with Crippen molar-refractivity contribution in [2.45, 2.75) is 31.8 Å². The van der Waals surface area contributed by atoms with Crippen LogP contribution in [0.3, 0.4) is 0 Å². The van der Waals surface area contributed by atoms with Gasteiger partial charge in [-0.3, -0.25) is 4.98 Å². The third kappa shape index (κ3) is 4.10. The second kappa shape index (κ2) is 8.66. The number of hydrogen-bond donors (Lipinski definition) is 0. The summed E-state index contributed by atoms with van der Waals surface area (Å²) in [5, 5.41) is 2.59. The van der Waals surface area contributed by atoms with Crippen LogP contribution in [-0.4, -0.2) is 34.1 Å². The maximum Gasteiger partial charge on any atom is 0.0506 e. The minimum absolute atomic E-state index is 0.548. The Hall–Kier alpha value is -2.33. The molecule has 0 saturated carbocycles. The summed E-state index contributed by atoms with van der Waals surface area (Å²) in [6, 6.07) is 16.8. The van der Waals surface area contributed by atoms with Crippen molar-refractivity contribution < 1.29 is 0 Å². The fraction of sp³-hybridized carbons (Fsp3) is 0.269. The normalized spacial score (nSPS) is 17.3. The molecule has 2 aromatic carbocycles. The summed E-state index contributed by atoms with van der Waals surface area (Å²) < 4.78 is 2.37.